The normalized spacial score (nSPS) is 12.8. The van der Waals surface area contributed by atoms with Crippen LogP contribution in [0.15, 0.2) is 30.5 Å². The second-order valence-electron chi connectivity index (χ2n) is 19.3. The van der Waals surface area contributed by atoms with E-state index in [4.69, 9.17) is 21.9 Å². The van der Waals surface area contributed by atoms with Crippen LogP contribution in [-0.2, 0) is 59.2 Å². The van der Waals surface area contributed by atoms with Gasteiger partial charge in [-0.15, -0.1) is 0 Å². The van der Waals surface area contributed by atoms with Crippen LogP contribution < -0.4 is 38.1 Å². The number of carboxylic acid groups (broad SMARTS) is 1. The third kappa shape index (κ3) is 23.9. The standard InChI is InChI=1S/C51H74N14O16/c1-30(67)63(78)22-6-9-34(25-43(72)40(11-8-24-65(80)32(3)69)58-49(75)39(52)10-7-23-64(79)31(2)68)42(71)12-5-21-55-44(73)20-18-38(81-29-66)26-37(70)17-19-41(50(76)77)59-48(74)33-13-15-36(16-14-33)62(4)28-35-27-56-47-45(57-35)46(53)60-51(54)61-47/h13-16,27,29,34,38-41,78-80H,5-12,17-26,28,52H2,1-4H3,(H,55,73)(H,58,75)(H,59,74)(H,76,77)(H4,53,54,56,60,61)/t34-,38-,39+,40+,41+/m1/s1. The van der Waals surface area contributed by atoms with Gasteiger partial charge in [-0.25, -0.2) is 30.0 Å². The van der Waals surface area contributed by atoms with Gasteiger partial charge in [0.2, 0.25) is 35.5 Å². The summed E-state index contributed by atoms with van der Waals surface area (Å²) < 4.78 is 5.04. The molecule has 2 heterocycles. The summed E-state index contributed by atoms with van der Waals surface area (Å²) in [6.07, 6.45) is -1.07. The number of hydroxylamine groups is 6. The fourth-order valence-corrected chi connectivity index (χ4v) is 8.14. The van der Waals surface area contributed by atoms with E-state index in [1.165, 1.54) is 18.3 Å². The molecule has 0 saturated heterocycles. The van der Waals surface area contributed by atoms with Crippen molar-refractivity contribution in [1.82, 2.24) is 51.1 Å². The summed E-state index contributed by atoms with van der Waals surface area (Å²) >= 11 is 0. The third-order valence-corrected chi connectivity index (χ3v) is 12.8. The van der Waals surface area contributed by atoms with Gasteiger partial charge in [0, 0.05) is 103 Å². The average Bonchev–Trinajstić information content (AvgIpc) is 3.43. The van der Waals surface area contributed by atoms with Gasteiger partial charge in [-0.3, -0.25) is 63.6 Å². The molecule has 5 atom stereocenters. The van der Waals surface area contributed by atoms with Crippen LogP contribution in [0.4, 0.5) is 17.5 Å². The van der Waals surface area contributed by atoms with Gasteiger partial charge in [-0.05, 0) is 82.1 Å². The van der Waals surface area contributed by atoms with E-state index in [2.05, 4.69) is 35.9 Å². The molecule has 1 aromatic carbocycles. The molecule has 6 amide bonds. The summed E-state index contributed by atoms with van der Waals surface area (Å²) in [4.78, 5) is 156. The van der Waals surface area contributed by atoms with Crippen LogP contribution in [0.5, 0.6) is 0 Å². The number of benzene rings is 1. The first-order valence-corrected chi connectivity index (χ1v) is 26.1. The Morgan fingerprint density at radius 1 is 0.704 bits per heavy atom. The molecule has 0 aliphatic carbocycles. The highest BCUT2D eigenvalue weighted by Crippen LogP contribution is 2.22. The summed E-state index contributed by atoms with van der Waals surface area (Å²) in [5.41, 5.74) is 19.5. The lowest BCUT2D eigenvalue weighted by Gasteiger charge is -2.24. The molecule has 2 aromatic heterocycles. The predicted molar refractivity (Wildman–Crippen MR) is 286 cm³/mol. The van der Waals surface area contributed by atoms with Gasteiger partial charge in [0.25, 0.3) is 12.4 Å². The van der Waals surface area contributed by atoms with Crippen LogP contribution in [0.1, 0.15) is 127 Å². The number of anilines is 3. The van der Waals surface area contributed by atoms with E-state index in [1.807, 2.05) is 4.90 Å². The molecule has 0 unspecified atom stereocenters. The number of nitrogens with two attached hydrogens (primary N) is 3. The first kappa shape index (κ1) is 66.9. The Balaban J connectivity index is 1.52. The van der Waals surface area contributed by atoms with Crippen LogP contribution in [0.25, 0.3) is 11.2 Å². The molecule has 0 spiro atoms. The van der Waals surface area contributed by atoms with E-state index >= 15 is 0 Å². The van der Waals surface area contributed by atoms with Crippen LogP contribution in [-0.4, -0.2) is 179 Å². The van der Waals surface area contributed by atoms with Gasteiger partial charge >= 0.3 is 5.97 Å². The SMILES string of the molecule is CC(=O)N(O)CCC[C@H](CC(=O)[C@H](CCCN(O)C(C)=O)NC(=O)[C@@H](N)CCCN(O)C(C)=O)C(=O)CCCNC(=O)CC[C@H](CC(=O)CC[C@H](NC(=O)c1ccc(N(C)Cc2cnc3nc(N)nc(N)c3n2)cc1)C(=O)O)OC=O. The average molecular weight is 1140 g/mol. The van der Waals surface area contributed by atoms with E-state index in [0.717, 1.165) is 20.8 Å². The number of hydrogen-bond acceptors (Lipinski definition) is 23. The predicted octanol–water partition coefficient (Wildman–Crippen LogP) is 0.371. The van der Waals surface area contributed by atoms with Crippen molar-refractivity contribution in [1.29, 1.82) is 0 Å². The molecular weight excluding hydrogens is 1060 g/mol. The maximum atomic E-state index is 13.8. The molecule has 3 rings (SSSR count). The highest BCUT2D eigenvalue weighted by Gasteiger charge is 2.30. The number of hydrogen-bond donors (Lipinski definition) is 10. The quantitative estimate of drug-likeness (QED) is 0.0160. The number of carbonyl (C=O) groups is 11. The molecule has 0 fully saturated rings. The third-order valence-electron chi connectivity index (χ3n) is 12.8. The monoisotopic (exact) mass is 1140 g/mol. The van der Waals surface area contributed by atoms with E-state index in [0.29, 0.717) is 26.6 Å². The van der Waals surface area contributed by atoms with E-state index < -0.39 is 95.3 Å². The highest BCUT2D eigenvalue weighted by atomic mass is 16.5. The number of nitrogens with zero attached hydrogens (tertiary/aromatic N) is 8. The minimum atomic E-state index is -1.46. The summed E-state index contributed by atoms with van der Waals surface area (Å²) in [6, 6.07) is 2.40. The minimum absolute atomic E-state index is 0.0161. The van der Waals surface area contributed by atoms with Crippen LogP contribution in [0.3, 0.4) is 0 Å². The second kappa shape index (κ2) is 33.9. The van der Waals surface area contributed by atoms with Crippen molar-refractivity contribution < 1.29 is 78.2 Å². The summed E-state index contributed by atoms with van der Waals surface area (Å²) in [5.74, 6) is -7.78. The molecule has 30 nitrogen and oxygen atoms in total. The van der Waals surface area contributed by atoms with Gasteiger partial charge in [-0.2, -0.15) is 9.97 Å². The van der Waals surface area contributed by atoms with Crippen molar-refractivity contribution in [3.8, 4) is 0 Å². The Kier molecular flexibility index (Phi) is 28.0. The number of aliphatic carboxylic acids is 1. The molecule has 13 N–H and O–H groups in total. The Morgan fingerprint density at radius 3 is 1.90 bits per heavy atom. The number of nitrogen functional groups attached to an aromatic ring is 2. The number of nitrogens with one attached hydrogen (secondary N) is 3. The highest BCUT2D eigenvalue weighted by molar-refractivity contribution is 5.97. The number of aromatic nitrogens is 4. The number of ketones is 3. The van der Waals surface area contributed by atoms with Crippen molar-refractivity contribution in [3.05, 3.63) is 41.7 Å². The van der Waals surface area contributed by atoms with Gasteiger partial charge in [0.1, 0.15) is 23.7 Å². The molecule has 3 aromatic rings. The Labute approximate surface area is 466 Å². The number of ether oxygens (including phenoxy) is 1. The van der Waals surface area contributed by atoms with Gasteiger partial charge in [0.15, 0.2) is 22.8 Å². The van der Waals surface area contributed by atoms with Crippen LogP contribution in [0, 0.1) is 5.92 Å². The van der Waals surface area contributed by atoms with Crippen LogP contribution in [0.2, 0.25) is 0 Å². The molecule has 444 valence electrons. The fourth-order valence-electron chi connectivity index (χ4n) is 8.14. The molecule has 30 heteroatoms. The molecule has 0 aliphatic rings. The largest absolute Gasteiger partial charge is 0.480 e. The number of carboxylic acids is 1. The molecule has 0 radical (unpaired) electrons. The van der Waals surface area contributed by atoms with Gasteiger partial charge in [0.05, 0.1) is 30.5 Å². The molecule has 0 saturated carbocycles. The first-order valence-electron chi connectivity index (χ1n) is 26.1. The summed E-state index contributed by atoms with van der Waals surface area (Å²) in [7, 11) is 1.77. The zero-order valence-corrected chi connectivity index (χ0v) is 45.8. The summed E-state index contributed by atoms with van der Waals surface area (Å²) in [5, 5.41) is 48.3. The Hall–Kier alpha value is -8.35. The van der Waals surface area contributed by atoms with E-state index in [-0.39, 0.29) is 151 Å². The number of rotatable bonds is 38. The van der Waals surface area contributed by atoms with Crippen molar-refractivity contribution in [2.75, 3.05) is 49.6 Å². The number of fused-ring (bicyclic) bond motifs is 1. The van der Waals surface area contributed by atoms with E-state index in [1.54, 1.807) is 19.2 Å². The maximum Gasteiger partial charge on any atom is 0.326 e. The zero-order chi connectivity index (χ0) is 60.3. The lowest BCUT2D eigenvalue weighted by Crippen LogP contribution is -2.49. The van der Waals surface area contributed by atoms with Crippen molar-refractivity contribution in [3.63, 3.8) is 0 Å². The number of amides is 6. The lowest BCUT2D eigenvalue weighted by molar-refractivity contribution is -0.163. The van der Waals surface area contributed by atoms with E-state index in [9.17, 15) is 73.5 Å². The fraction of sp³-hybridized carbons (Fsp3) is 0.549. The first-order chi connectivity index (χ1) is 38.3. The molecular formula is C51H74N14O16. The molecule has 0 bridgehead atoms. The smallest absolute Gasteiger partial charge is 0.326 e. The molecule has 81 heavy (non-hydrogen) atoms. The summed E-state index contributed by atoms with van der Waals surface area (Å²) in [6.45, 7) is 3.30. The minimum Gasteiger partial charge on any atom is -0.480 e. The Morgan fingerprint density at radius 2 is 1.31 bits per heavy atom. The number of Topliss-reactive ketones (excluding diaryl/α,β-unsaturated/α-hetero) is 3. The van der Waals surface area contributed by atoms with Crippen molar-refractivity contribution >= 4 is 93.9 Å². The maximum absolute atomic E-state index is 13.8. The lowest BCUT2D eigenvalue weighted by atomic mass is 9.87. The topological polar surface area (TPSA) is 457 Å². The van der Waals surface area contributed by atoms with Crippen molar-refractivity contribution in [2.24, 2.45) is 11.7 Å². The van der Waals surface area contributed by atoms with Crippen molar-refractivity contribution in [2.45, 2.75) is 141 Å². The van der Waals surface area contributed by atoms with Crippen LogP contribution >= 0.6 is 0 Å². The number of carbonyl (C=O) groups excluding carboxylic acids is 10. The zero-order valence-electron chi connectivity index (χ0n) is 45.8. The molecule has 0 aliphatic heterocycles. The van der Waals surface area contributed by atoms with Gasteiger partial charge in [-0.1, -0.05) is 0 Å². The van der Waals surface area contributed by atoms with Gasteiger partial charge < -0.3 is 47.9 Å². The Bertz CT molecular complexity index is 2680. The second-order valence-corrected chi connectivity index (χ2v) is 19.3.